The van der Waals surface area contributed by atoms with Crippen molar-refractivity contribution in [2.75, 3.05) is 6.61 Å². The van der Waals surface area contributed by atoms with E-state index in [-0.39, 0.29) is 0 Å². The maximum atomic E-state index is 5.73. The Kier molecular flexibility index (Phi) is 2.28. The second kappa shape index (κ2) is 3.67. The van der Waals surface area contributed by atoms with Crippen LogP contribution in [0.4, 0.5) is 0 Å². The lowest BCUT2D eigenvalue weighted by atomic mass is 10.1. The summed E-state index contributed by atoms with van der Waals surface area (Å²) in [6.07, 6.45) is 3.15. The molecule has 0 bridgehead atoms. The standard InChI is InChI=1S/C13H11BrO2/c1-8-2-3-9-4-10-5-13(14)16-12(10)6-11(9)15-7-8/h2,4-6H,3,7H2,1H3. The van der Waals surface area contributed by atoms with E-state index in [1.165, 1.54) is 11.1 Å². The van der Waals surface area contributed by atoms with Crippen molar-refractivity contribution in [2.24, 2.45) is 0 Å². The van der Waals surface area contributed by atoms with E-state index < -0.39 is 0 Å². The minimum atomic E-state index is 0.667. The topological polar surface area (TPSA) is 22.4 Å². The molecule has 16 heavy (non-hydrogen) atoms. The van der Waals surface area contributed by atoms with Crippen molar-refractivity contribution >= 4 is 26.9 Å². The van der Waals surface area contributed by atoms with Gasteiger partial charge in [-0.25, -0.2) is 0 Å². The summed E-state index contributed by atoms with van der Waals surface area (Å²) in [4.78, 5) is 0. The molecule has 3 heteroatoms. The van der Waals surface area contributed by atoms with Crippen LogP contribution < -0.4 is 4.74 Å². The highest BCUT2D eigenvalue weighted by Gasteiger charge is 2.11. The highest BCUT2D eigenvalue weighted by atomic mass is 79.9. The first kappa shape index (κ1) is 9.97. The minimum absolute atomic E-state index is 0.667. The maximum Gasteiger partial charge on any atom is 0.170 e. The second-order valence-corrected chi connectivity index (χ2v) is 4.87. The molecule has 0 fully saturated rings. The highest BCUT2D eigenvalue weighted by Crippen LogP contribution is 2.32. The number of ether oxygens (including phenoxy) is 1. The van der Waals surface area contributed by atoms with Gasteiger partial charge in [0.05, 0.1) is 0 Å². The smallest absolute Gasteiger partial charge is 0.170 e. The van der Waals surface area contributed by atoms with Crippen molar-refractivity contribution in [3.63, 3.8) is 0 Å². The molecule has 82 valence electrons. The predicted octanol–water partition coefficient (Wildman–Crippen LogP) is 4.08. The van der Waals surface area contributed by atoms with E-state index >= 15 is 0 Å². The molecule has 0 amide bonds. The third kappa shape index (κ3) is 1.65. The van der Waals surface area contributed by atoms with Crippen LogP contribution in [-0.2, 0) is 6.42 Å². The molecule has 1 aromatic carbocycles. The fourth-order valence-electron chi connectivity index (χ4n) is 1.91. The van der Waals surface area contributed by atoms with Crippen molar-refractivity contribution in [3.05, 3.63) is 40.1 Å². The molecular formula is C13H11BrO2. The first-order valence-corrected chi connectivity index (χ1v) is 6.02. The summed E-state index contributed by atoms with van der Waals surface area (Å²) in [7, 11) is 0. The molecule has 3 rings (SSSR count). The first-order chi connectivity index (χ1) is 7.72. The fraction of sp³-hybridized carbons (Fsp3) is 0.231. The van der Waals surface area contributed by atoms with Gasteiger partial charge in [-0.15, -0.1) is 0 Å². The van der Waals surface area contributed by atoms with E-state index in [2.05, 4.69) is 35.0 Å². The largest absolute Gasteiger partial charge is 0.489 e. The van der Waals surface area contributed by atoms with Crippen LogP contribution in [0.1, 0.15) is 12.5 Å². The van der Waals surface area contributed by atoms with Gasteiger partial charge in [-0.3, -0.25) is 0 Å². The summed E-state index contributed by atoms with van der Waals surface area (Å²) in [5, 5.41) is 1.11. The number of hydrogen-bond donors (Lipinski definition) is 0. The third-order valence-corrected chi connectivity index (χ3v) is 3.19. The SMILES string of the molecule is CC1=CCc2cc3cc(Br)oc3cc2OC1. The zero-order valence-corrected chi connectivity index (χ0v) is 10.5. The van der Waals surface area contributed by atoms with Gasteiger partial charge in [0.2, 0.25) is 0 Å². The quantitative estimate of drug-likeness (QED) is 0.678. The van der Waals surface area contributed by atoms with E-state index in [0.717, 1.165) is 27.8 Å². The van der Waals surface area contributed by atoms with E-state index in [0.29, 0.717) is 6.61 Å². The molecule has 0 saturated carbocycles. The van der Waals surface area contributed by atoms with Crippen molar-refractivity contribution in [1.82, 2.24) is 0 Å². The Hall–Kier alpha value is -1.22. The lowest BCUT2D eigenvalue weighted by molar-refractivity contribution is 0.352. The zero-order valence-electron chi connectivity index (χ0n) is 8.92. The van der Waals surface area contributed by atoms with Crippen LogP contribution >= 0.6 is 15.9 Å². The molecule has 2 aromatic rings. The molecule has 2 heterocycles. The second-order valence-electron chi connectivity index (χ2n) is 4.09. The monoisotopic (exact) mass is 278 g/mol. The molecule has 0 spiro atoms. The van der Waals surface area contributed by atoms with Gasteiger partial charge < -0.3 is 9.15 Å². The summed E-state index contributed by atoms with van der Waals surface area (Å²) >= 11 is 3.34. The Morgan fingerprint density at radius 3 is 3.00 bits per heavy atom. The Morgan fingerprint density at radius 2 is 2.12 bits per heavy atom. The van der Waals surface area contributed by atoms with Crippen LogP contribution in [0.25, 0.3) is 11.0 Å². The molecule has 0 unspecified atom stereocenters. The average Bonchev–Trinajstić information content (AvgIpc) is 2.51. The van der Waals surface area contributed by atoms with Gasteiger partial charge >= 0.3 is 0 Å². The molecule has 0 aliphatic carbocycles. The predicted molar refractivity (Wildman–Crippen MR) is 66.9 cm³/mol. The van der Waals surface area contributed by atoms with Gasteiger partial charge in [0.15, 0.2) is 4.67 Å². The van der Waals surface area contributed by atoms with Crippen molar-refractivity contribution < 1.29 is 9.15 Å². The number of allylic oxidation sites excluding steroid dienone is 1. The lowest BCUT2D eigenvalue weighted by Crippen LogP contribution is -1.97. The summed E-state index contributed by atoms with van der Waals surface area (Å²) in [6, 6.07) is 6.09. The molecule has 1 aromatic heterocycles. The summed E-state index contributed by atoms with van der Waals surface area (Å²) in [5.41, 5.74) is 3.36. The molecule has 0 saturated heterocycles. The van der Waals surface area contributed by atoms with E-state index in [9.17, 15) is 0 Å². The molecule has 1 aliphatic heterocycles. The van der Waals surface area contributed by atoms with Crippen LogP contribution in [-0.4, -0.2) is 6.61 Å². The molecule has 0 N–H and O–H groups in total. The van der Waals surface area contributed by atoms with Crippen LogP contribution in [0.15, 0.2) is 38.9 Å². The van der Waals surface area contributed by atoms with E-state index in [1.807, 2.05) is 12.1 Å². The number of hydrogen-bond acceptors (Lipinski definition) is 2. The Morgan fingerprint density at radius 1 is 1.25 bits per heavy atom. The molecular weight excluding hydrogens is 268 g/mol. The van der Waals surface area contributed by atoms with E-state index in [4.69, 9.17) is 9.15 Å². The van der Waals surface area contributed by atoms with Gasteiger partial charge in [-0.05, 0) is 52.5 Å². The van der Waals surface area contributed by atoms with Gasteiger partial charge in [0.1, 0.15) is 17.9 Å². The average molecular weight is 279 g/mol. The zero-order chi connectivity index (χ0) is 11.1. The minimum Gasteiger partial charge on any atom is -0.489 e. The number of benzene rings is 1. The van der Waals surface area contributed by atoms with Crippen LogP contribution in [0.5, 0.6) is 5.75 Å². The van der Waals surface area contributed by atoms with Crippen LogP contribution in [0.2, 0.25) is 0 Å². The molecule has 0 atom stereocenters. The van der Waals surface area contributed by atoms with Gasteiger partial charge in [-0.2, -0.15) is 0 Å². The van der Waals surface area contributed by atoms with Crippen molar-refractivity contribution in [3.8, 4) is 5.75 Å². The summed E-state index contributed by atoms with van der Waals surface area (Å²) in [6.45, 7) is 2.76. The van der Waals surface area contributed by atoms with Crippen LogP contribution in [0, 0.1) is 0 Å². The van der Waals surface area contributed by atoms with Crippen LogP contribution in [0.3, 0.4) is 0 Å². The summed E-state index contributed by atoms with van der Waals surface area (Å²) < 4.78 is 12.0. The van der Waals surface area contributed by atoms with Gasteiger partial charge in [0.25, 0.3) is 0 Å². The normalized spacial score (nSPS) is 15.2. The van der Waals surface area contributed by atoms with E-state index in [1.54, 1.807) is 0 Å². The number of rotatable bonds is 0. The molecule has 1 aliphatic rings. The van der Waals surface area contributed by atoms with Crippen molar-refractivity contribution in [1.29, 1.82) is 0 Å². The lowest BCUT2D eigenvalue weighted by Gasteiger charge is -2.06. The number of fused-ring (bicyclic) bond motifs is 2. The summed E-state index contributed by atoms with van der Waals surface area (Å²) in [5.74, 6) is 0.933. The highest BCUT2D eigenvalue weighted by molar-refractivity contribution is 9.10. The maximum absolute atomic E-state index is 5.73. The van der Waals surface area contributed by atoms with Gasteiger partial charge in [0, 0.05) is 11.5 Å². The number of furan rings is 1. The Balaban J connectivity index is 2.16. The Bertz CT molecular complexity index is 581. The molecule has 2 nitrogen and oxygen atoms in total. The number of halogens is 1. The first-order valence-electron chi connectivity index (χ1n) is 5.23. The van der Waals surface area contributed by atoms with Gasteiger partial charge in [-0.1, -0.05) is 6.08 Å². The third-order valence-electron chi connectivity index (χ3n) is 2.80. The fourth-order valence-corrected chi connectivity index (χ4v) is 2.33. The van der Waals surface area contributed by atoms with Crippen molar-refractivity contribution in [2.45, 2.75) is 13.3 Å². The Labute approximate surface area is 102 Å². The molecule has 0 radical (unpaired) electrons.